The zero-order chi connectivity index (χ0) is 16.4. The first-order valence-corrected chi connectivity index (χ1v) is 7.10. The molecule has 0 saturated heterocycles. The number of methoxy groups -OCH3 is 4. The third-order valence-electron chi connectivity index (χ3n) is 2.38. The van der Waals surface area contributed by atoms with E-state index in [0.717, 1.165) is 21.3 Å². The number of esters is 3. The number of rotatable bonds is 9. The zero-order valence-corrected chi connectivity index (χ0v) is 13.1. The number of hydrogen-bond acceptors (Lipinski definition) is 9. The van der Waals surface area contributed by atoms with Gasteiger partial charge in [-0.3, -0.25) is 9.59 Å². The normalized spacial score (nSPS) is 13.8. The molecule has 0 rings (SSSR count). The summed E-state index contributed by atoms with van der Waals surface area (Å²) in [5, 5.41) is 0. The molecule has 0 spiro atoms. The maximum absolute atomic E-state index is 11.7. The molecule has 9 nitrogen and oxygen atoms in total. The van der Waals surface area contributed by atoms with E-state index in [2.05, 4.69) is 18.9 Å². The molecule has 0 N–H and O–H groups in total. The van der Waals surface area contributed by atoms with Crippen LogP contribution in [0.25, 0.3) is 0 Å². The second kappa shape index (κ2) is 10.2. The van der Waals surface area contributed by atoms with E-state index in [0.29, 0.717) is 0 Å². The molecule has 0 fully saturated rings. The maximum atomic E-state index is 11.7. The van der Waals surface area contributed by atoms with Crippen LogP contribution in [0.1, 0.15) is 6.42 Å². The van der Waals surface area contributed by atoms with Crippen LogP contribution in [0.4, 0.5) is 0 Å². The molecule has 0 aliphatic carbocycles. The van der Waals surface area contributed by atoms with Crippen molar-refractivity contribution in [2.24, 2.45) is 5.92 Å². The summed E-state index contributed by atoms with van der Waals surface area (Å²) in [6.07, 6.45) is -2.34. The van der Waals surface area contributed by atoms with Crippen LogP contribution < -0.4 is 0 Å². The lowest BCUT2D eigenvalue weighted by atomic mass is 9.99. The van der Waals surface area contributed by atoms with E-state index in [9.17, 15) is 18.9 Å². The summed E-state index contributed by atoms with van der Waals surface area (Å²) in [6.45, 7) is 0. The fourth-order valence-corrected chi connectivity index (χ4v) is 2.15. The second-order valence-electron chi connectivity index (χ2n) is 3.71. The Morgan fingerprint density at radius 1 is 0.952 bits per heavy atom. The third-order valence-corrected chi connectivity index (χ3v) is 3.31. The van der Waals surface area contributed by atoms with Crippen LogP contribution in [0.15, 0.2) is 0 Å². The van der Waals surface area contributed by atoms with Crippen molar-refractivity contribution >= 4 is 25.9 Å². The molecule has 0 aromatic carbocycles. The van der Waals surface area contributed by atoms with Crippen molar-refractivity contribution in [3.63, 3.8) is 0 Å². The van der Waals surface area contributed by atoms with Crippen molar-refractivity contribution in [2.45, 2.75) is 12.5 Å². The molecule has 3 atom stereocenters. The topological polar surface area (TPSA) is 114 Å². The van der Waals surface area contributed by atoms with Gasteiger partial charge in [-0.25, -0.2) is 4.79 Å². The minimum absolute atomic E-state index is 0.283. The van der Waals surface area contributed by atoms with Crippen molar-refractivity contribution in [3.8, 4) is 0 Å². The minimum atomic E-state index is -2.38. The van der Waals surface area contributed by atoms with Gasteiger partial charge in [0.1, 0.15) is 5.92 Å². The van der Waals surface area contributed by atoms with Gasteiger partial charge in [-0.15, -0.1) is 4.52 Å². The largest absolute Gasteiger partial charge is 0.538 e. The summed E-state index contributed by atoms with van der Waals surface area (Å²) in [5.74, 6) is -3.96. The van der Waals surface area contributed by atoms with Crippen molar-refractivity contribution < 1.29 is 42.4 Å². The molecule has 0 aromatic heterocycles. The van der Waals surface area contributed by atoms with Gasteiger partial charge in [0.15, 0.2) is 0 Å². The highest BCUT2D eigenvalue weighted by molar-refractivity contribution is 7.38. The second-order valence-corrected chi connectivity index (χ2v) is 4.84. The Kier molecular flexibility index (Phi) is 9.44. The summed E-state index contributed by atoms with van der Waals surface area (Å²) in [5.41, 5.74) is 0. The molecule has 0 aromatic rings. The summed E-state index contributed by atoms with van der Waals surface area (Å²) < 4.78 is 34.6. The molecule has 0 saturated carbocycles. The fraction of sp³-hybridized carbons (Fsp3) is 0.727. The van der Waals surface area contributed by atoms with Crippen LogP contribution in [0.3, 0.4) is 0 Å². The van der Waals surface area contributed by atoms with Gasteiger partial charge < -0.3 is 18.9 Å². The fourth-order valence-electron chi connectivity index (χ4n) is 1.39. The molecule has 10 heteroatoms. The predicted molar refractivity (Wildman–Crippen MR) is 68.5 cm³/mol. The average Bonchev–Trinajstić information content (AvgIpc) is 2.48. The summed E-state index contributed by atoms with van der Waals surface area (Å²) in [4.78, 5) is 34.8. The quantitative estimate of drug-likeness (QED) is 0.334. The van der Waals surface area contributed by atoms with Gasteiger partial charge in [-0.05, 0) is 4.57 Å². The molecule has 0 aliphatic rings. The molecular formula is C11H18O9P+. The van der Waals surface area contributed by atoms with E-state index in [-0.39, 0.29) is 6.35 Å². The molecule has 0 aliphatic heterocycles. The van der Waals surface area contributed by atoms with Crippen LogP contribution in [0.2, 0.25) is 0 Å². The first-order chi connectivity index (χ1) is 9.90. The van der Waals surface area contributed by atoms with Crippen molar-refractivity contribution in [2.75, 3.05) is 34.8 Å². The van der Waals surface area contributed by atoms with Gasteiger partial charge in [0, 0.05) is 7.11 Å². The van der Waals surface area contributed by atoms with E-state index in [1.165, 1.54) is 7.11 Å². The van der Waals surface area contributed by atoms with Crippen molar-refractivity contribution in [1.29, 1.82) is 0 Å². The lowest BCUT2D eigenvalue weighted by Gasteiger charge is -2.18. The van der Waals surface area contributed by atoms with Crippen LogP contribution in [-0.4, -0.2) is 58.8 Å². The Morgan fingerprint density at radius 3 is 1.95 bits per heavy atom. The standard InChI is InChI=1S/C11H18O9P/c1-16-6-21(15)20-9(11(14)19-4)7(10(13)18-3)5-8(12)17-2/h7,9H,5-6H2,1-4H3/q+1. The smallest absolute Gasteiger partial charge is 0.469 e. The summed E-state index contributed by atoms with van der Waals surface area (Å²) in [6, 6.07) is 0. The zero-order valence-electron chi connectivity index (χ0n) is 12.2. The SMILES string of the molecule is COC[P+](=O)OC(C(=O)OC)C(CC(=O)OC)C(=O)OC. The molecule has 0 amide bonds. The predicted octanol–water partition coefficient (Wildman–Crippen LogP) is 0.243. The highest BCUT2D eigenvalue weighted by Gasteiger charge is 2.44. The van der Waals surface area contributed by atoms with Crippen molar-refractivity contribution in [1.82, 2.24) is 0 Å². The van der Waals surface area contributed by atoms with E-state index in [4.69, 9.17) is 4.52 Å². The number of carbonyl (C=O) groups excluding carboxylic acids is 3. The highest BCUT2D eigenvalue weighted by atomic mass is 31.1. The molecule has 0 radical (unpaired) electrons. The number of carbonyl (C=O) groups is 3. The van der Waals surface area contributed by atoms with Crippen LogP contribution in [0, 0.1) is 5.92 Å². The Balaban J connectivity index is 5.25. The highest BCUT2D eigenvalue weighted by Crippen LogP contribution is 2.29. The number of hydrogen-bond donors (Lipinski definition) is 0. The van der Waals surface area contributed by atoms with E-state index in [1.54, 1.807) is 0 Å². The van der Waals surface area contributed by atoms with E-state index < -0.39 is 44.4 Å². The Morgan fingerprint density at radius 2 is 1.52 bits per heavy atom. The third kappa shape index (κ3) is 6.61. The van der Waals surface area contributed by atoms with Crippen molar-refractivity contribution in [3.05, 3.63) is 0 Å². The Hall–Kier alpha value is -1.57. The van der Waals surface area contributed by atoms with Gasteiger partial charge in [0.2, 0.25) is 6.10 Å². The Labute approximate surface area is 122 Å². The molecule has 3 unspecified atom stereocenters. The summed E-state index contributed by atoms with van der Waals surface area (Å²) >= 11 is 0. The molecule has 0 heterocycles. The average molecular weight is 325 g/mol. The van der Waals surface area contributed by atoms with Crippen LogP contribution in [0.5, 0.6) is 0 Å². The maximum Gasteiger partial charge on any atom is 0.538 e. The minimum Gasteiger partial charge on any atom is -0.469 e. The van der Waals surface area contributed by atoms with Gasteiger partial charge in [0.05, 0.1) is 27.8 Å². The van der Waals surface area contributed by atoms with E-state index in [1.807, 2.05) is 0 Å². The van der Waals surface area contributed by atoms with Crippen LogP contribution in [-0.2, 0) is 42.4 Å². The summed E-state index contributed by atoms with van der Waals surface area (Å²) in [7, 11) is 2.17. The Bertz CT molecular complexity index is 395. The van der Waals surface area contributed by atoms with Gasteiger partial charge >= 0.3 is 25.9 Å². The first kappa shape index (κ1) is 19.4. The first-order valence-electron chi connectivity index (χ1n) is 5.74. The monoisotopic (exact) mass is 325 g/mol. The molecular weight excluding hydrogens is 307 g/mol. The van der Waals surface area contributed by atoms with E-state index >= 15 is 0 Å². The molecule has 0 bridgehead atoms. The van der Waals surface area contributed by atoms with Gasteiger partial charge in [0.25, 0.3) is 6.35 Å². The lowest BCUT2D eigenvalue weighted by Crippen LogP contribution is -2.39. The van der Waals surface area contributed by atoms with Gasteiger partial charge in [-0.1, -0.05) is 0 Å². The molecule has 21 heavy (non-hydrogen) atoms. The molecule has 120 valence electrons. The number of ether oxygens (including phenoxy) is 4. The van der Waals surface area contributed by atoms with Gasteiger partial charge in [-0.2, -0.15) is 0 Å². The lowest BCUT2D eigenvalue weighted by molar-refractivity contribution is -0.164. The van der Waals surface area contributed by atoms with Crippen LogP contribution >= 0.6 is 8.03 Å².